The van der Waals surface area contributed by atoms with Crippen molar-refractivity contribution in [2.45, 2.75) is 13.8 Å². The molecule has 76 valence electrons. The van der Waals surface area contributed by atoms with E-state index in [1.807, 2.05) is 0 Å². The van der Waals surface area contributed by atoms with Crippen molar-refractivity contribution in [3.05, 3.63) is 18.1 Å². The number of rotatable bonds is 4. The van der Waals surface area contributed by atoms with Gasteiger partial charge in [-0.1, -0.05) is 13.8 Å². The molecule has 0 radical (unpaired) electrons. The highest BCUT2D eigenvalue weighted by atomic mass is 16.4. The summed E-state index contributed by atoms with van der Waals surface area (Å²) in [4.78, 5) is 18.2. The molecule has 0 saturated heterocycles. The standard InChI is InChI=1S/C9H13N3O2/c1-6(2)3-11-8-5-10-4-7(12-8)9(13)14/h4-6H,3H2,1-2H3,(H,11,12)(H,13,14). The van der Waals surface area contributed by atoms with Crippen LogP contribution in [0.5, 0.6) is 0 Å². The van der Waals surface area contributed by atoms with Crippen LogP contribution in [-0.4, -0.2) is 27.6 Å². The van der Waals surface area contributed by atoms with E-state index in [9.17, 15) is 4.79 Å². The van der Waals surface area contributed by atoms with Gasteiger partial charge >= 0.3 is 5.97 Å². The van der Waals surface area contributed by atoms with E-state index >= 15 is 0 Å². The fourth-order valence-electron chi connectivity index (χ4n) is 0.863. The van der Waals surface area contributed by atoms with Gasteiger partial charge in [0.1, 0.15) is 5.82 Å². The topological polar surface area (TPSA) is 75.1 Å². The van der Waals surface area contributed by atoms with Crippen molar-refractivity contribution in [2.24, 2.45) is 5.92 Å². The Morgan fingerprint density at radius 3 is 2.86 bits per heavy atom. The summed E-state index contributed by atoms with van der Waals surface area (Å²) in [5.41, 5.74) is -0.0428. The number of carboxylic acid groups (broad SMARTS) is 1. The lowest BCUT2D eigenvalue weighted by Gasteiger charge is -2.07. The SMILES string of the molecule is CC(C)CNc1cncc(C(=O)O)n1. The third-order valence-electron chi connectivity index (χ3n) is 1.55. The summed E-state index contributed by atoms with van der Waals surface area (Å²) in [5.74, 6) is -0.0884. The van der Waals surface area contributed by atoms with E-state index in [2.05, 4.69) is 29.1 Å². The first-order valence-electron chi connectivity index (χ1n) is 4.39. The van der Waals surface area contributed by atoms with Crippen LogP contribution >= 0.6 is 0 Å². The molecule has 5 nitrogen and oxygen atoms in total. The highest BCUT2D eigenvalue weighted by molar-refractivity contribution is 5.85. The fraction of sp³-hybridized carbons (Fsp3) is 0.444. The smallest absolute Gasteiger partial charge is 0.356 e. The molecule has 0 saturated carbocycles. The Kier molecular flexibility index (Phi) is 3.39. The highest BCUT2D eigenvalue weighted by Crippen LogP contribution is 2.03. The van der Waals surface area contributed by atoms with Crippen molar-refractivity contribution in [3.8, 4) is 0 Å². The summed E-state index contributed by atoms with van der Waals surface area (Å²) in [6.45, 7) is 4.86. The second-order valence-electron chi connectivity index (χ2n) is 3.37. The summed E-state index contributed by atoms with van der Waals surface area (Å²) in [6, 6.07) is 0. The minimum Gasteiger partial charge on any atom is -0.476 e. The molecule has 0 aliphatic heterocycles. The van der Waals surface area contributed by atoms with Gasteiger partial charge < -0.3 is 10.4 Å². The van der Waals surface area contributed by atoms with Gasteiger partial charge in [-0.2, -0.15) is 0 Å². The first kappa shape index (κ1) is 10.4. The molecular formula is C9H13N3O2. The monoisotopic (exact) mass is 195 g/mol. The van der Waals surface area contributed by atoms with E-state index in [1.54, 1.807) is 0 Å². The van der Waals surface area contributed by atoms with E-state index in [0.717, 1.165) is 6.54 Å². The predicted molar refractivity (Wildman–Crippen MR) is 52.3 cm³/mol. The maximum absolute atomic E-state index is 10.6. The lowest BCUT2D eigenvalue weighted by atomic mass is 10.2. The molecule has 0 aliphatic rings. The van der Waals surface area contributed by atoms with E-state index in [0.29, 0.717) is 11.7 Å². The summed E-state index contributed by atoms with van der Waals surface area (Å²) in [6.07, 6.45) is 2.73. The predicted octanol–water partition coefficient (Wildman–Crippen LogP) is 1.24. The van der Waals surface area contributed by atoms with Crippen LogP contribution in [0.15, 0.2) is 12.4 Å². The van der Waals surface area contributed by atoms with E-state index < -0.39 is 5.97 Å². The first-order chi connectivity index (χ1) is 6.59. The number of anilines is 1. The van der Waals surface area contributed by atoms with Crippen LogP contribution in [0.4, 0.5) is 5.82 Å². The lowest BCUT2D eigenvalue weighted by Crippen LogP contribution is -2.11. The molecule has 0 amide bonds. The largest absolute Gasteiger partial charge is 0.476 e. The van der Waals surface area contributed by atoms with Gasteiger partial charge in [0.15, 0.2) is 5.69 Å². The summed E-state index contributed by atoms with van der Waals surface area (Å²) in [7, 11) is 0. The number of aromatic nitrogens is 2. The number of nitrogens with one attached hydrogen (secondary N) is 1. The number of hydrogen-bond donors (Lipinski definition) is 2. The van der Waals surface area contributed by atoms with Gasteiger partial charge in [-0.3, -0.25) is 4.98 Å². The molecule has 0 unspecified atom stereocenters. The molecule has 0 spiro atoms. The Bertz CT molecular complexity index is 326. The maximum Gasteiger partial charge on any atom is 0.356 e. The van der Waals surface area contributed by atoms with Crippen LogP contribution in [0.2, 0.25) is 0 Å². The molecule has 0 bridgehead atoms. The molecule has 0 atom stereocenters. The Labute approximate surface area is 82.2 Å². The number of hydrogen-bond acceptors (Lipinski definition) is 4. The molecule has 0 fully saturated rings. The second kappa shape index (κ2) is 4.55. The van der Waals surface area contributed by atoms with E-state index in [1.165, 1.54) is 12.4 Å². The zero-order valence-electron chi connectivity index (χ0n) is 8.19. The Balaban J connectivity index is 2.69. The van der Waals surface area contributed by atoms with Crippen molar-refractivity contribution in [1.29, 1.82) is 0 Å². The van der Waals surface area contributed by atoms with Crippen molar-refractivity contribution in [1.82, 2.24) is 9.97 Å². The average Bonchev–Trinajstić information content (AvgIpc) is 2.15. The van der Waals surface area contributed by atoms with Crippen LogP contribution in [0.1, 0.15) is 24.3 Å². The molecule has 1 rings (SSSR count). The van der Waals surface area contributed by atoms with Gasteiger partial charge in [-0.15, -0.1) is 0 Å². The van der Waals surface area contributed by atoms with Crippen LogP contribution in [0.3, 0.4) is 0 Å². The van der Waals surface area contributed by atoms with Gasteiger partial charge in [0, 0.05) is 6.54 Å². The third-order valence-corrected chi connectivity index (χ3v) is 1.55. The van der Waals surface area contributed by atoms with Crippen molar-refractivity contribution in [3.63, 3.8) is 0 Å². The minimum absolute atomic E-state index is 0.0428. The number of nitrogens with zero attached hydrogens (tertiary/aromatic N) is 2. The quantitative estimate of drug-likeness (QED) is 0.756. The molecular weight excluding hydrogens is 182 g/mol. The van der Waals surface area contributed by atoms with Crippen LogP contribution in [-0.2, 0) is 0 Å². The van der Waals surface area contributed by atoms with Crippen molar-refractivity contribution >= 4 is 11.8 Å². The molecule has 0 aromatic carbocycles. The number of carbonyl (C=O) groups is 1. The second-order valence-corrected chi connectivity index (χ2v) is 3.37. The van der Waals surface area contributed by atoms with Crippen LogP contribution in [0.25, 0.3) is 0 Å². The average molecular weight is 195 g/mol. The number of carboxylic acids is 1. The zero-order chi connectivity index (χ0) is 10.6. The third kappa shape index (κ3) is 3.01. The molecule has 5 heteroatoms. The van der Waals surface area contributed by atoms with Crippen LogP contribution in [0, 0.1) is 5.92 Å². The molecule has 1 heterocycles. The molecule has 1 aromatic rings. The maximum atomic E-state index is 10.6. The normalized spacial score (nSPS) is 10.2. The van der Waals surface area contributed by atoms with Crippen LogP contribution < -0.4 is 5.32 Å². The molecule has 0 aliphatic carbocycles. The number of aromatic carboxylic acids is 1. The van der Waals surface area contributed by atoms with E-state index in [-0.39, 0.29) is 5.69 Å². The Morgan fingerprint density at radius 1 is 1.57 bits per heavy atom. The summed E-state index contributed by atoms with van der Waals surface area (Å²) < 4.78 is 0. The van der Waals surface area contributed by atoms with Gasteiger partial charge in [-0.25, -0.2) is 9.78 Å². The zero-order valence-corrected chi connectivity index (χ0v) is 8.19. The Hall–Kier alpha value is -1.65. The molecule has 1 aromatic heterocycles. The Morgan fingerprint density at radius 2 is 2.29 bits per heavy atom. The first-order valence-corrected chi connectivity index (χ1v) is 4.39. The molecule has 14 heavy (non-hydrogen) atoms. The van der Waals surface area contributed by atoms with Gasteiger partial charge in [0.2, 0.25) is 0 Å². The summed E-state index contributed by atoms with van der Waals surface area (Å²) >= 11 is 0. The highest BCUT2D eigenvalue weighted by Gasteiger charge is 2.05. The van der Waals surface area contributed by atoms with Crippen molar-refractivity contribution in [2.75, 3.05) is 11.9 Å². The fourth-order valence-corrected chi connectivity index (χ4v) is 0.863. The summed E-state index contributed by atoms with van der Waals surface area (Å²) in [5, 5.41) is 11.7. The lowest BCUT2D eigenvalue weighted by molar-refractivity contribution is 0.0690. The minimum atomic E-state index is -1.06. The van der Waals surface area contributed by atoms with Crippen molar-refractivity contribution < 1.29 is 9.90 Å². The van der Waals surface area contributed by atoms with Gasteiger partial charge in [-0.05, 0) is 5.92 Å². The van der Waals surface area contributed by atoms with Gasteiger partial charge in [0.25, 0.3) is 0 Å². The molecule has 2 N–H and O–H groups in total. The van der Waals surface area contributed by atoms with E-state index in [4.69, 9.17) is 5.11 Å². The van der Waals surface area contributed by atoms with Gasteiger partial charge in [0.05, 0.1) is 12.4 Å².